The highest BCUT2D eigenvalue weighted by Crippen LogP contribution is 2.27. The van der Waals surface area contributed by atoms with Crippen LogP contribution in [0.3, 0.4) is 0 Å². The lowest BCUT2D eigenvalue weighted by Crippen LogP contribution is -2.51. The van der Waals surface area contributed by atoms with Crippen LogP contribution in [-0.4, -0.2) is 135 Å². The van der Waals surface area contributed by atoms with Crippen molar-refractivity contribution < 1.29 is 19.4 Å². The molecule has 2 heterocycles. The molecule has 45 heavy (non-hydrogen) atoms. The van der Waals surface area contributed by atoms with Crippen LogP contribution < -0.4 is 15.4 Å². The summed E-state index contributed by atoms with van der Waals surface area (Å²) >= 11 is 0. The van der Waals surface area contributed by atoms with E-state index in [1.807, 2.05) is 33.9 Å². The van der Waals surface area contributed by atoms with E-state index in [-0.39, 0.29) is 23.9 Å². The summed E-state index contributed by atoms with van der Waals surface area (Å²) in [6.45, 7) is 18.4. The first-order valence-corrected chi connectivity index (χ1v) is 16.1. The number of benzene rings is 1. The molecule has 2 amide bonds. The standard InChI is InChI=1S/C30H48N8O3.C2H6.CH4O/c1-8-26-29(40)36(7)24(21-38(26)22(3)4)20-33-30(31-5)34-25-12-11-23(19-27(25)41-9-2)28(39)32-13-10-14-37-17-15-35(6)16-18-37;2*1-2/h11-12,19-22,26H,8-10,13-18H2,1-7H3,(H,31,34)(H,32,39);1-2H3;2H,1H3/b33-20-;;. The van der Waals surface area contributed by atoms with Gasteiger partial charge in [-0.25, -0.2) is 4.99 Å². The fourth-order valence-corrected chi connectivity index (χ4v) is 4.94. The minimum atomic E-state index is -0.184. The fourth-order valence-electron chi connectivity index (χ4n) is 4.94. The van der Waals surface area contributed by atoms with Crippen LogP contribution in [-0.2, 0) is 4.79 Å². The lowest BCUT2D eigenvalue weighted by Gasteiger charge is -2.40. The predicted molar refractivity (Wildman–Crippen MR) is 185 cm³/mol. The number of ether oxygens (including phenoxy) is 1. The van der Waals surface area contributed by atoms with Gasteiger partial charge in [0.1, 0.15) is 11.8 Å². The lowest BCUT2D eigenvalue weighted by atomic mass is 10.1. The monoisotopic (exact) mass is 630 g/mol. The second-order valence-electron chi connectivity index (χ2n) is 10.7. The smallest absolute Gasteiger partial charge is 0.251 e. The van der Waals surface area contributed by atoms with E-state index >= 15 is 0 Å². The van der Waals surface area contributed by atoms with E-state index in [0.29, 0.717) is 41.8 Å². The Morgan fingerprint density at radius 1 is 1.13 bits per heavy atom. The summed E-state index contributed by atoms with van der Waals surface area (Å²) in [7, 11) is 6.55. The van der Waals surface area contributed by atoms with E-state index in [4.69, 9.17) is 9.84 Å². The molecule has 0 spiro atoms. The number of rotatable bonds is 11. The van der Waals surface area contributed by atoms with Crippen molar-refractivity contribution in [3.63, 3.8) is 0 Å². The van der Waals surface area contributed by atoms with E-state index in [1.54, 1.807) is 43.4 Å². The number of carbonyl (C=O) groups excluding carboxylic acids is 2. The van der Waals surface area contributed by atoms with Gasteiger partial charge < -0.3 is 40.1 Å². The zero-order valence-electron chi connectivity index (χ0n) is 29.3. The third kappa shape index (κ3) is 12.1. The van der Waals surface area contributed by atoms with Crippen LogP contribution in [0.1, 0.15) is 64.7 Å². The molecule has 2 aliphatic rings. The van der Waals surface area contributed by atoms with Gasteiger partial charge in [0.05, 0.1) is 24.2 Å². The molecule has 0 aromatic heterocycles. The number of nitrogens with one attached hydrogen (secondary N) is 2. The molecule has 254 valence electrons. The lowest BCUT2D eigenvalue weighted by molar-refractivity contribution is -0.134. The molecule has 12 heteroatoms. The molecule has 1 aromatic carbocycles. The van der Waals surface area contributed by atoms with Crippen LogP contribution in [0.25, 0.3) is 0 Å². The molecule has 0 radical (unpaired) electrons. The normalized spacial score (nSPS) is 17.8. The number of anilines is 1. The second kappa shape index (κ2) is 21.3. The van der Waals surface area contributed by atoms with Crippen LogP contribution in [0.2, 0.25) is 0 Å². The topological polar surface area (TPSA) is 125 Å². The maximum Gasteiger partial charge on any atom is 0.251 e. The summed E-state index contributed by atoms with van der Waals surface area (Å²) in [5.74, 6) is 0.799. The maximum atomic E-state index is 12.9. The molecule has 1 fully saturated rings. The number of hydrogen-bond acceptors (Lipinski definition) is 8. The molecule has 12 nitrogen and oxygen atoms in total. The second-order valence-corrected chi connectivity index (χ2v) is 10.7. The van der Waals surface area contributed by atoms with Gasteiger partial charge in [0.2, 0.25) is 11.9 Å². The number of aliphatic imine (C=N–C) groups is 2. The highest BCUT2D eigenvalue weighted by Gasteiger charge is 2.32. The van der Waals surface area contributed by atoms with Crippen molar-refractivity contribution in [2.75, 3.05) is 79.4 Å². The zero-order chi connectivity index (χ0) is 33.9. The number of piperazine rings is 1. The molecule has 3 N–H and O–H groups in total. The summed E-state index contributed by atoms with van der Waals surface area (Å²) in [6.07, 6.45) is 5.25. The molecular weight excluding hydrogens is 572 g/mol. The van der Waals surface area contributed by atoms with Gasteiger partial charge in [0.15, 0.2) is 0 Å². The molecule has 1 atom stereocenters. The number of carbonyl (C=O) groups is 2. The number of nitrogens with zero attached hydrogens (tertiary/aromatic N) is 6. The van der Waals surface area contributed by atoms with Gasteiger partial charge in [-0.1, -0.05) is 20.8 Å². The molecule has 1 aromatic rings. The van der Waals surface area contributed by atoms with Gasteiger partial charge in [-0.2, -0.15) is 0 Å². The zero-order valence-corrected chi connectivity index (χ0v) is 29.3. The number of allylic oxidation sites excluding steroid dienone is 1. The molecule has 0 saturated carbocycles. The summed E-state index contributed by atoms with van der Waals surface area (Å²) in [4.78, 5) is 43.1. The van der Waals surface area contributed by atoms with Crippen LogP contribution in [0.5, 0.6) is 5.75 Å². The van der Waals surface area contributed by atoms with E-state index in [2.05, 4.69) is 56.2 Å². The molecular formula is C33H58N8O4. The molecule has 0 aliphatic carbocycles. The van der Waals surface area contributed by atoms with Crippen molar-refractivity contribution in [1.82, 2.24) is 24.9 Å². The van der Waals surface area contributed by atoms with Crippen molar-refractivity contribution in [1.29, 1.82) is 0 Å². The molecule has 3 rings (SSSR count). The van der Waals surface area contributed by atoms with Gasteiger partial charge in [-0.3, -0.25) is 14.6 Å². The Morgan fingerprint density at radius 3 is 2.38 bits per heavy atom. The number of hydrogen-bond donors (Lipinski definition) is 3. The Morgan fingerprint density at radius 2 is 1.80 bits per heavy atom. The minimum Gasteiger partial charge on any atom is -0.492 e. The Kier molecular flexibility index (Phi) is 18.7. The number of guanidine groups is 1. The molecule has 1 saturated heterocycles. The fraction of sp³-hybridized carbons (Fsp3) is 0.636. The van der Waals surface area contributed by atoms with Crippen molar-refractivity contribution >= 4 is 29.7 Å². The van der Waals surface area contributed by atoms with E-state index < -0.39 is 0 Å². The molecule has 0 bridgehead atoms. The quantitative estimate of drug-likeness (QED) is 0.193. The average Bonchev–Trinajstić information content (AvgIpc) is 3.06. The first-order chi connectivity index (χ1) is 21.7. The Hall–Kier alpha value is -3.48. The van der Waals surface area contributed by atoms with Crippen LogP contribution in [0.4, 0.5) is 5.69 Å². The van der Waals surface area contributed by atoms with E-state index in [0.717, 1.165) is 52.7 Å². The largest absolute Gasteiger partial charge is 0.492 e. The molecule has 1 unspecified atom stereocenters. The van der Waals surface area contributed by atoms with Crippen molar-refractivity contribution in [2.45, 2.75) is 66.5 Å². The van der Waals surface area contributed by atoms with Gasteiger partial charge in [-0.15, -0.1) is 0 Å². The first kappa shape index (κ1) is 39.5. The SMILES string of the molecule is CC.CCOc1cc(C(=O)NCCCN2CCN(C)CC2)ccc1NC(=NC)/N=C\C1=CN(C(C)C)C(CC)C(=O)N1C.CO. The van der Waals surface area contributed by atoms with Crippen LogP contribution in [0, 0.1) is 0 Å². The molecule has 2 aliphatic heterocycles. The van der Waals surface area contributed by atoms with Gasteiger partial charge in [-0.05, 0) is 65.4 Å². The van der Waals surface area contributed by atoms with Crippen molar-refractivity contribution in [2.24, 2.45) is 9.98 Å². The van der Waals surface area contributed by atoms with E-state index in [1.165, 1.54) is 0 Å². The highest BCUT2D eigenvalue weighted by atomic mass is 16.5. The van der Waals surface area contributed by atoms with Gasteiger partial charge in [0.25, 0.3) is 5.91 Å². The number of aliphatic hydroxyl groups is 1. The summed E-state index contributed by atoms with van der Waals surface area (Å²) in [5.41, 5.74) is 1.86. The van der Waals surface area contributed by atoms with Crippen molar-refractivity contribution in [3.05, 3.63) is 35.7 Å². The van der Waals surface area contributed by atoms with Crippen molar-refractivity contribution in [3.8, 4) is 5.75 Å². The Balaban J connectivity index is 0.00000243. The predicted octanol–water partition coefficient (Wildman–Crippen LogP) is 3.36. The van der Waals surface area contributed by atoms with Gasteiger partial charge >= 0.3 is 0 Å². The summed E-state index contributed by atoms with van der Waals surface area (Å²) in [5, 5.41) is 13.2. The van der Waals surface area contributed by atoms with Crippen LogP contribution >= 0.6 is 0 Å². The third-order valence-electron chi connectivity index (χ3n) is 7.48. The minimum absolute atomic E-state index is 0.0416. The van der Waals surface area contributed by atoms with E-state index in [9.17, 15) is 9.59 Å². The summed E-state index contributed by atoms with van der Waals surface area (Å²) < 4.78 is 5.85. The number of aliphatic hydroxyl groups excluding tert-OH is 1. The third-order valence-corrected chi connectivity index (χ3v) is 7.48. The summed E-state index contributed by atoms with van der Waals surface area (Å²) in [6, 6.07) is 5.29. The first-order valence-electron chi connectivity index (χ1n) is 16.1. The maximum absolute atomic E-state index is 12.9. The Bertz CT molecular complexity index is 1130. The number of amides is 2. The number of likely N-dealkylation sites (N-methyl/N-ethyl adjacent to an activating group) is 2. The highest BCUT2D eigenvalue weighted by molar-refractivity contribution is 6.03. The average molecular weight is 631 g/mol. The van der Waals surface area contributed by atoms with Gasteiger partial charge in [0, 0.05) is 71.7 Å². The van der Waals surface area contributed by atoms with Crippen LogP contribution in [0.15, 0.2) is 40.1 Å². The Labute approximate surface area is 271 Å².